The van der Waals surface area contributed by atoms with Gasteiger partial charge in [0.2, 0.25) is 0 Å². The van der Waals surface area contributed by atoms with Crippen LogP contribution in [0.2, 0.25) is 0 Å². The predicted molar refractivity (Wildman–Crippen MR) is 82.2 cm³/mol. The second-order valence-electron chi connectivity index (χ2n) is 4.28. The van der Waals surface area contributed by atoms with Gasteiger partial charge in [0.1, 0.15) is 10.8 Å². The van der Waals surface area contributed by atoms with Gasteiger partial charge in [0.05, 0.1) is 24.5 Å². The quantitative estimate of drug-likeness (QED) is 0.851. The molecule has 1 aromatic carbocycles. The highest BCUT2D eigenvalue weighted by molar-refractivity contribution is 7.15. The van der Waals surface area contributed by atoms with Gasteiger partial charge in [-0.2, -0.15) is 0 Å². The summed E-state index contributed by atoms with van der Waals surface area (Å²) in [6.45, 7) is 3.97. The third-order valence-corrected chi connectivity index (χ3v) is 3.94. The Hall–Kier alpha value is -1.43. The summed E-state index contributed by atoms with van der Waals surface area (Å²) in [6.07, 6.45) is 0. The standard InChI is InChI=1S/C15H20N2O2S/c1-4-19-13-8-6-5-7-11(13)15-17-12(10-18-3)14(20-15)9-16-2/h5-8,16H,4,9-10H2,1-3H3. The number of methoxy groups -OCH3 is 1. The monoisotopic (exact) mass is 292 g/mol. The first-order valence-corrected chi connectivity index (χ1v) is 7.46. The van der Waals surface area contributed by atoms with Gasteiger partial charge in [-0.3, -0.25) is 0 Å². The average Bonchev–Trinajstić information content (AvgIpc) is 2.84. The Labute approximate surface area is 123 Å². The van der Waals surface area contributed by atoms with Crippen LogP contribution in [0.5, 0.6) is 5.75 Å². The molecule has 0 amide bonds. The maximum atomic E-state index is 5.68. The van der Waals surface area contributed by atoms with Crippen molar-refractivity contribution in [1.82, 2.24) is 10.3 Å². The van der Waals surface area contributed by atoms with Crippen molar-refractivity contribution in [2.45, 2.75) is 20.1 Å². The molecule has 0 aliphatic heterocycles. The number of para-hydroxylation sites is 1. The minimum atomic E-state index is 0.532. The molecule has 2 aromatic rings. The molecule has 0 aliphatic carbocycles. The van der Waals surface area contributed by atoms with Gasteiger partial charge in [0.25, 0.3) is 0 Å². The molecule has 0 bridgehead atoms. The van der Waals surface area contributed by atoms with E-state index >= 15 is 0 Å². The summed E-state index contributed by atoms with van der Waals surface area (Å²) in [6, 6.07) is 8.01. The number of thiazole rings is 1. The molecule has 108 valence electrons. The first-order valence-electron chi connectivity index (χ1n) is 6.64. The zero-order valence-electron chi connectivity index (χ0n) is 12.1. The van der Waals surface area contributed by atoms with Crippen LogP contribution < -0.4 is 10.1 Å². The molecular formula is C15H20N2O2S. The summed E-state index contributed by atoms with van der Waals surface area (Å²) in [5, 5.41) is 4.15. The van der Waals surface area contributed by atoms with E-state index in [0.717, 1.165) is 28.6 Å². The van der Waals surface area contributed by atoms with E-state index < -0.39 is 0 Å². The lowest BCUT2D eigenvalue weighted by molar-refractivity contribution is 0.181. The Morgan fingerprint density at radius 1 is 1.30 bits per heavy atom. The third kappa shape index (κ3) is 3.36. The zero-order valence-corrected chi connectivity index (χ0v) is 12.9. The SMILES string of the molecule is CCOc1ccccc1-c1nc(COC)c(CNC)s1. The molecule has 0 unspecified atom stereocenters. The maximum absolute atomic E-state index is 5.68. The number of nitrogens with one attached hydrogen (secondary N) is 1. The largest absolute Gasteiger partial charge is 0.493 e. The van der Waals surface area contributed by atoms with E-state index in [1.807, 2.05) is 38.2 Å². The van der Waals surface area contributed by atoms with Crippen LogP contribution in [-0.4, -0.2) is 25.7 Å². The van der Waals surface area contributed by atoms with Crippen molar-refractivity contribution in [2.24, 2.45) is 0 Å². The van der Waals surface area contributed by atoms with Crippen molar-refractivity contribution in [3.63, 3.8) is 0 Å². The van der Waals surface area contributed by atoms with E-state index in [9.17, 15) is 0 Å². The van der Waals surface area contributed by atoms with Crippen molar-refractivity contribution in [1.29, 1.82) is 0 Å². The van der Waals surface area contributed by atoms with Crippen molar-refractivity contribution in [2.75, 3.05) is 20.8 Å². The summed E-state index contributed by atoms with van der Waals surface area (Å²) in [7, 11) is 3.63. The molecule has 2 rings (SSSR count). The molecule has 4 nitrogen and oxygen atoms in total. The summed E-state index contributed by atoms with van der Waals surface area (Å²) in [5.74, 6) is 0.878. The van der Waals surface area contributed by atoms with E-state index in [1.54, 1.807) is 18.4 Å². The van der Waals surface area contributed by atoms with Crippen molar-refractivity contribution in [3.8, 4) is 16.3 Å². The van der Waals surface area contributed by atoms with Crippen LogP contribution in [0.4, 0.5) is 0 Å². The molecular weight excluding hydrogens is 272 g/mol. The van der Waals surface area contributed by atoms with Crippen molar-refractivity contribution >= 4 is 11.3 Å². The Kier molecular flexibility index (Phi) is 5.52. The molecule has 0 radical (unpaired) electrons. The summed E-state index contributed by atoms with van der Waals surface area (Å²) in [5.41, 5.74) is 2.03. The molecule has 0 saturated heterocycles. The first-order chi connectivity index (χ1) is 9.80. The van der Waals surface area contributed by atoms with Gasteiger partial charge >= 0.3 is 0 Å². The van der Waals surface area contributed by atoms with Crippen LogP contribution in [0, 0.1) is 0 Å². The second kappa shape index (κ2) is 7.38. The lowest BCUT2D eigenvalue weighted by Crippen LogP contribution is -2.06. The fraction of sp³-hybridized carbons (Fsp3) is 0.400. The second-order valence-corrected chi connectivity index (χ2v) is 5.37. The van der Waals surface area contributed by atoms with E-state index in [-0.39, 0.29) is 0 Å². The van der Waals surface area contributed by atoms with Crippen LogP contribution in [0.3, 0.4) is 0 Å². The molecule has 0 aliphatic rings. The van der Waals surface area contributed by atoms with Gasteiger partial charge in [-0.25, -0.2) is 4.98 Å². The van der Waals surface area contributed by atoms with Gasteiger partial charge in [-0.05, 0) is 26.1 Å². The van der Waals surface area contributed by atoms with Crippen molar-refractivity contribution in [3.05, 3.63) is 34.8 Å². The topological polar surface area (TPSA) is 43.4 Å². The summed E-state index contributed by atoms with van der Waals surface area (Å²) < 4.78 is 10.9. The summed E-state index contributed by atoms with van der Waals surface area (Å²) >= 11 is 1.68. The minimum absolute atomic E-state index is 0.532. The zero-order chi connectivity index (χ0) is 14.4. The average molecular weight is 292 g/mol. The Morgan fingerprint density at radius 2 is 2.10 bits per heavy atom. The lowest BCUT2D eigenvalue weighted by atomic mass is 10.2. The van der Waals surface area contributed by atoms with Crippen LogP contribution in [-0.2, 0) is 17.9 Å². The number of rotatable bonds is 7. The number of nitrogens with zero attached hydrogens (tertiary/aromatic N) is 1. The van der Waals surface area contributed by atoms with Gasteiger partial charge in [0, 0.05) is 18.5 Å². The molecule has 1 heterocycles. The molecule has 0 atom stereocenters. The Bertz CT molecular complexity index is 531. The smallest absolute Gasteiger partial charge is 0.129 e. The maximum Gasteiger partial charge on any atom is 0.129 e. The lowest BCUT2D eigenvalue weighted by Gasteiger charge is -2.07. The van der Waals surface area contributed by atoms with Crippen LogP contribution in [0.15, 0.2) is 24.3 Å². The number of ether oxygens (including phenoxy) is 2. The van der Waals surface area contributed by atoms with Crippen molar-refractivity contribution < 1.29 is 9.47 Å². The molecule has 0 spiro atoms. The Morgan fingerprint density at radius 3 is 2.80 bits per heavy atom. The van der Waals surface area contributed by atoms with Gasteiger partial charge < -0.3 is 14.8 Å². The summed E-state index contributed by atoms with van der Waals surface area (Å²) in [4.78, 5) is 5.91. The highest BCUT2D eigenvalue weighted by Gasteiger charge is 2.14. The fourth-order valence-electron chi connectivity index (χ4n) is 1.97. The van der Waals surface area contributed by atoms with E-state index in [2.05, 4.69) is 5.32 Å². The normalized spacial score (nSPS) is 10.8. The third-order valence-electron chi connectivity index (χ3n) is 2.81. The molecule has 1 N–H and O–H groups in total. The molecule has 5 heteroatoms. The van der Waals surface area contributed by atoms with Gasteiger partial charge in [-0.15, -0.1) is 11.3 Å². The predicted octanol–water partition coefficient (Wildman–Crippen LogP) is 3.07. The number of hydrogen-bond acceptors (Lipinski definition) is 5. The van der Waals surface area contributed by atoms with Crippen LogP contribution in [0.25, 0.3) is 10.6 Å². The van der Waals surface area contributed by atoms with E-state index in [4.69, 9.17) is 14.5 Å². The first kappa shape index (κ1) is 15.0. The number of hydrogen-bond donors (Lipinski definition) is 1. The fourth-order valence-corrected chi connectivity index (χ4v) is 3.08. The van der Waals surface area contributed by atoms with E-state index in [0.29, 0.717) is 13.2 Å². The molecule has 0 saturated carbocycles. The molecule has 1 aromatic heterocycles. The Balaban J connectivity index is 2.39. The van der Waals surface area contributed by atoms with Gasteiger partial charge in [0.15, 0.2) is 0 Å². The molecule has 20 heavy (non-hydrogen) atoms. The highest BCUT2D eigenvalue weighted by Crippen LogP contribution is 2.34. The van der Waals surface area contributed by atoms with Gasteiger partial charge in [-0.1, -0.05) is 12.1 Å². The highest BCUT2D eigenvalue weighted by atomic mass is 32.1. The van der Waals surface area contributed by atoms with E-state index in [1.165, 1.54) is 4.88 Å². The minimum Gasteiger partial charge on any atom is -0.493 e. The molecule has 0 fully saturated rings. The van der Waals surface area contributed by atoms with Crippen LogP contribution in [0.1, 0.15) is 17.5 Å². The van der Waals surface area contributed by atoms with Crippen LogP contribution >= 0.6 is 11.3 Å². The number of benzene rings is 1. The number of aromatic nitrogens is 1.